The highest BCUT2D eigenvalue weighted by Gasteiger charge is 2.15. The largest absolute Gasteiger partial charge is 0.467 e. The fourth-order valence-corrected chi connectivity index (χ4v) is 2.11. The summed E-state index contributed by atoms with van der Waals surface area (Å²) < 4.78 is 5.76. The Morgan fingerprint density at radius 2 is 2.09 bits per heavy atom. The number of methoxy groups -OCH3 is 1. The zero-order valence-electron chi connectivity index (χ0n) is 13.0. The number of nitrogens with zero attached hydrogens (tertiary/aromatic N) is 3. The van der Waals surface area contributed by atoms with Crippen LogP contribution in [0.4, 0.5) is 0 Å². The molecule has 23 heavy (non-hydrogen) atoms. The van der Waals surface area contributed by atoms with Crippen LogP contribution in [0.3, 0.4) is 0 Å². The smallest absolute Gasteiger partial charge is 0.328 e. The van der Waals surface area contributed by atoms with Gasteiger partial charge in [-0.3, -0.25) is 9.59 Å². The number of fused-ring (bicyclic) bond motifs is 1. The molecule has 1 N–H and O–H groups in total. The van der Waals surface area contributed by atoms with Gasteiger partial charge in [0.2, 0.25) is 5.91 Å². The van der Waals surface area contributed by atoms with Crippen molar-refractivity contribution in [3.8, 4) is 0 Å². The zero-order valence-corrected chi connectivity index (χ0v) is 13.0. The molecule has 8 nitrogen and oxygen atoms in total. The summed E-state index contributed by atoms with van der Waals surface area (Å²) in [6, 6.07) is 6.25. The molecule has 2 aromatic rings. The van der Waals surface area contributed by atoms with E-state index in [1.807, 2.05) is 0 Å². The monoisotopic (exact) mass is 318 g/mol. The molecule has 0 bridgehead atoms. The Bertz CT molecular complexity index is 771. The minimum absolute atomic E-state index is 0.169. The number of amides is 1. The first-order valence-electron chi connectivity index (χ1n) is 7.22. The van der Waals surface area contributed by atoms with E-state index in [9.17, 15) is 14.4 Å². The summed E-state index contributed by atoms with van der Waals surface area (Å²) in [6.07, 6.45) is 0.578. The molecule has 1 aromatic carbocycles. The van der Waals surface area contributed by atoms with Crippen molar-refractivity contribution >= 4 is 22.8 Å². The van der Waals surface area contributed by atoms with Gasteiger partial charge in [0, 0.05) is 13.0 Å². The first-order chi connectivity index (χ1) is 11.0. The SMILES string of the molecule is COC(=O)[C@H](C)NC(=O)CCCn1nnc2ccccc2c1=O. The van der Waals surface area contributed by atoms with E-state index in [1.54, 1.807) is 31.2 Å². The maximum Gasteiger partial charge on any atom is 0.328 e. The Kier molecular flexibility index (Phi) is 5.40. The van der Waals surface area contributed by atoms with Crippen molar-refractivity contribution in [2.24, 2.45) is 0 Å². The number of rotatable bonds is 6. The van der Waals surface area contributed by atoms with E-state index in [0.717, 1.165) is 0 Å². The van der Waals surface area contributed by atoms with Crippen LogP contribution in [0.25, 0.3) is 10.9 Å². The number of hydrogen-bond donors (Lipinski definition) is 1. The Labute approximate surface area is 132 Å². The number of carbonyl (C=O) groups excluding carboxylic acids is 2. The van der Waals surface area contributed by atoms with Crippen LogP contribution in [0.15, 0.2) is 29.1 Å². The highest BCUT2D eigenvalue weighted by Crippen LogP contribution is 2.03. The first kappa shape index (κ1) is 16.6. The van der Waals surface area contributed by atoms with Crippen molar-refractivity contribution in [3.63, 3.8) is 0 Å². The maximum atomic E-state index is 12.2. The van der Waals surface area contributed by atoms with Crippen molar-refractivity contribution in [2.45, 2.75) is 32.4 Å². The minimum Gasteiger partial charge on any atom is -0.467 e. The summed E-state index contributed by atoms with van der Waals surface area (Å²) in [5.74, 6) is -0.792. The highest BCUT2D eigenvalue weighted by molar-refractivity contribution is 5.84. The second-order valence-corrected chi connectivity index (χ2v) is 5.05. The van der Waals surface area contributed by atoms with Crippen LogP contribution in [-0.2, 0) is 20.9 Å². The summed E-state index contributed by atoms with van der Waals surface area (Å²) in [5.41, 5.74) is 0.303. The second-order valence-electron chi connectivity index (χ2n) is 5.05. The number of benzene rings is 1. The molecule has 0 aliphatic carbocycles. The standard InChI is InChI=1S/C15H18N4O4/c1-10(15(22)23-2)16-13(20)8-5-9-19-14(21)11-6-3-4-7-12(11)17-18-19/h3-4,6-7,10H,5,8-9H2,1-2H3,(H,16,20)/t10-/m0/s1. The molecule has 0 unspecified atom stereocenters. The molecule has 0 aliphatic heterocycles. The van der Waals surface area contributed by atoms with Gasteiger partial charge in [0.15, 0.2) is 0 Å². The minimum atomic E-state index is -0.698. The third kappa shape index (κ3) is 4.12. The molecule has 1 atom stereocenters. The summed E-state index contributed by atoms with van der Waals surface area (Å²) >= 11 is 0. The van der Waals surface area contributed by atoms with Gasteiger partial charge in [0.25, 0.3) is 5.56 Å². The van der Waals surface area contributed by atoms with Crippen molar-refractivity contribution in [1.82, 2.24) is 20.3 Å². The molecule has 1 aromatic heterocycles. The fourth-order valence-electron chi connectivity index (χ4n) is 2.11. The molecule has 0 aliphatic rings. The Morgan fingerprint density at radius 1 is 1.35 bits per heavy atom. The van der Waals surface area contributed by atoms with E-state index in [0.29, 0.717) is 17.3 Å². The van der Waals surface area contributed by atoms with Gasteiger partial charge in [-0.05, 0) is 25.5 Å². The first-order valence-corrected chi connectivity index (χ1v) is 7.22. The van der Waals surface area contributed by atoms with Crippen LogP contribution >= 0.6 is 0 Å². The molecule has 0 saturated heterocycles. The van der Waals surface area contributed by atoms with Gasteiger partial charge < -0.3 is 10.1 Å². The van der Waals surface area contributed by atoms with Gasteiger partial charge in [0.05, 0.1) is 12.5 Å². The van der Waals surface area contributed by atoms with E-state index in [4.69, 9.17) is 0 Å². The number of hydrogen-bond acceptors (Lipinski definition) is 6. The lowest BCUT2D eigenvalue weighted by molar-refractivity contribution is -0.144. The van der Waals surface area contributed by atoms with Crippen LogP contribution in [0, 0.1) is 0 Å². The van der Waals surface area contributed by atoms with Crippen LogP contribution < -0.4 is 10.9 Å². The number of aromatic nitrogens is 3. The quantitative estimate of drug-likeness (QED) is 0.766. The molecule has 0 fully saturated rings. The number of carbonyl (C=O) groups is 2. The molecular weight excluding hydrogens is 300 g/mol. The normalized spacial score (nSPS) is 11.9. The number of nitrogens with one attached hydrogen (secondary N) is 1. The van der Waals surface area contributed by atoms with Gasteiger partial charge in [-0.2, -0.15) is 0 Å². The number of ether oxygens (including phenoxy) is 1. The van der Waals surface area contributed by atoms with Gasteiger partial charge in [0.1, 0.15) is 11.6 Å². The summed E-state index contributed by atoms with van der Waals surface area (Å²) in [6.45, 7) is 1.82. The summed E-state index contributed by atoms with van der Waals surface area (Å²) in [5, 5.41) is 10.8. The molecule has 0 radical (unpaired) electrons. The van der Waals surface area contributed by atoms with Gasteiger partial charge in [-0.25, -0.2) is 9.48 Å². The average molecular weight is 318 g/mol. The van der Waals surface area contributed by atoms with E-state index < -0.39 is 12.0 Å². The van der Waals surface area contributed by atoms with Crippen LogP contribution in [0.1, 0.15) is 19.8 Å². The number of aryl methyl sites for hydroxylation is 1. The predicted molar refractivity (Wildman–Crippen MR) is 82.7 cm³/mol. The Balaban J connectivity index is 1.92. The van der Waals surface area contributed by atoms with Crippen LogP contribution in [-0.4, -0.2) is 40.0 Å². The maximum absolute atomic E-state index is 12.2. The molecule has 2 rings (SSSR count). The Morgan fingerprint density at radius 3 is 2.83 bits per heavy atom. The van der Waals surface area contributed by atoms with E-state index >= 15 is 0 Å². The van der Waals surface area contributed by atoms with Gasteiger partial charge in [-0.1, -0.05) is 17.3 Å². The Hall–Kier alpha value is -2.77. The van der Waals surface area contributed by atoms with Crippen molar-refractivity contribution < 1.29 is 14.3 Å². The zero-order chi connectivity index (χ0) is 16.8. The third-order valence-electron chi connectivity index (χ3n) is 3.34. The van der Waals surface area contributed by atoms with E-state index in [2.05, 4.69) is 20.4 Å². The lowest BCUT2D eigenvalue weighted by Gasteiger charge is -2.11. The van der Waals surface area contributed by atoms with Crippen molar-refractivity contribution in [3.05, 3.63) is 34.6 Å². The average Bonchev–Trinajstić information content (AvgIpc) is 2.56. The highest BCUT2D eigenvalue weighted by atomic mass is 16.5. The van der Waals surface area contributed by atoms with E-state index in [1.165, 1.54) is 11.8 Å². The summed E-state index contributed by atoms with van der Waals surface area (Å²) in [7, 11) is 1.26. The second kappa shape index (κ2) is 7.48. The van der Waals surface area contributed by atoms with Crippen molar-refractivity contribution in [2.75, 3.05) is 7.11 Å². The molecule has 8 heteroatoms. The molecule has 0 saturated carbocycles. The molecule has 122 valence electrons. The van der Waals surface area contributed by atoms with Gasteiger partial charge in [-0.15, -0.1) is 5.10 Å². The molecule has 0 spiro atoms. The van der Waals surface area contributed by atoms with Crippen LogP contribution in [0.2, 0.25) is 0 Å². The third-order valence-corrected chi connectivity index (χ3v) is 3.34. The van der Waals surface area contributed by atoms with E-state index in [-0.39, 0.29) is 24.4 Å². The number of esters is 1. The van der Waals surface area contributed by atoms with Crippen LogP contribution in [0.5, 0.6) is 0 Å². The van der Waals surface area contributed by atoms with Gasteiger partial charge >= 0.3 is 5.97 Å². The molecule has 1 amide bonds. The lowest BCUT2D eigenvalue weighted by Crippen LogP contribution is -2.39. The lowest BCUT2D eigenvalue weighted by atomic mass is 10.2. The predicted octanol–water partition coefficient (Wildman–Crippen LogP) is 0.249. The fraction of sp³-hybridized carbons (Fsp3) is 0.400. The van der Waals surface area contributed by atoms with Crippen molar-refractivity contribution in [1.29, 1.82) is 0 Å². The molecular formula is C15H18N4O4. The summed E-state index contributed by atoms with van der Waals surface area (Å²) in [4.78, 5) is 35.1. The molecule has 1 heterocycles. The topological polar surface area (TPSA) is 103 Å².